The van der Waals surface area contributed by atoms with Crippen molar-refractivity contribution in [2.75, 3.05) is 20.2 Å². The molecule has 0 bridgehead atoms. The summed E-state index contributed by atoms with van der Waals surface area (Å²) in [5.41, 5.74) is 3.10. The number of unbranched alkanes of at least 4 members (excludes halogenated alkanes) is 3. The van der Waals surface area contributed by atoms with E-state index in [-0.39, 0.29) is 66.5 Å². The molecule has 59 heavy (non-hydrogen) atoms. The number of amides is 4. The Labute approximate surface area is 354 Å². The van der Waals surface area contributed by atoms with Crippen LogP contribution in [0.4, 0.5) is 0 Å². The number of aromatic nitrogens is 1. The van der Waals surface area contributed by atoms with Gasteiger partial charge in [-0.05, 0) is 75.2 Å². The number of nitrogens with zero attached hydrogens (tertiary/aromatic N) is 3. The molecule has 0 spiro atoms. The maximum Gasteiger partial charge on any atom is 0.303 e. The molecule has 1 aromatic carbocycles. The van der Waals surface area contributed by atoms with Crippen molar-refractivity contribution in [3.05, 3.63) is 45.9 Å². The highest BCUT2D eigenvalue weighted by atomic mass is 32.1. The molecule has 6 N–H and O–H groups in total. The molecule has 1 saturated heterocycles. The molecular formula is C43H69N7O8S. The molecule has 1 aliphatic heterocycles. The standard InChI is InChI=1S/C43H69N7O8S/c1-9-11-12-15-22-57-50(43(56)38(28(5)10-2)47-41(55)35-16-13-14-21-49(35)8)36(27(3)4)25-37(58-30(7)51)42-46-34(26-59-42)40(54)45-32(23-29(6)39(53)48-44)24-31-17-19-33(52)20-18-31/h17-20,26-29,32,35-38,52H,9-16,21-25,44H2,1-8H3,(H,45,54)(H,47,55)(H,48,53)/t28-,29-,32?,35+,36+,37+,38-/m0/s1. The van der Waals surface area contributed by atoms with Crippen LogP contribution in [0.1, 0.15) is 140 Å². The highest BCUT2D eigenvalue weighted by Crippen LogP contribution is 2.32. The lowest BCUT2D eigenvalue weighted by molar-refractivity contribution is -0.213. The van der Waals surface area contributed by atoms with Gasteiger partial charge in [-0.2, -0.15) is 0 Å². The van der Waals surface area contributed by atoms with E-state index in [0.717, 1.165) is 68.4 Å². The lowest BCUT2D eigenvalue weighted by Gasteiger charge is -2.39. The Morgan fingerprint density at radius 1 is 1.02 bits per heavy atom. The van der Waals surface area contributed by atoms with Crippen molar-refractivity contribution in [1.82, 2.24) is 31.0 Å². The van der Waals surface area contributed by atoms with Gasteiger partial charge in [-0.15, -0.1) is 11.3 Å². The van der Waals surface area contributed by atoms with Crippen molar-refractivity contribution in [1.29, 1.82) is 0 Å². The van der Waals surface area contributed by atoms with Gasteiger partial charge in [0, 0.05) is 30.7 Å². The summed E-state index contributed by atoms with van der Waals surface area (Å²) in [7, 11) is 1.94. The first kappa shape index (κ1) is 49.2. The van der Waals surface area contributed by atoms with Gasteiger partial charge in [-0.3, -0.25) is 39.1 Å². The third-order valence-corrected chi connectivity index (χ3v) is 12.1. The van der Waals surface area contributed by atoms with Gasteiger partial charge in [0.1, 0.15) is 22.5 Å². The van der Waals surface area contributed by atoms with Gasteiger partial charge >= 0.3 is 5.97 Å². The first-order valence-corrected chi connectivity index (χ1v) is 22.2. The van der Waals surface area contributed by atoms with Crippen LogP contribution in [-0.4, -0.2) is 94.0 Å². The zero-order valence-corrected chi connectivity index (χ0v) is 37.1. The number of phenols is 1. The van der Waals surface area contributed by atoms with Gasteiger partial charge in [0.05, 0.1) is 18.7 Å². The lowest BCUT2D eigenvalue weighted by atomic mass is 9.93. The van der Waals surface area contributed by atoms with Crippen LogP contribution in [0.5, 0.6) is 5.75 Å². The van der Waals surface area contributed by atoms with Crippen LogP contribution in [0.15, 0.2) is 29.6 Å². The Morgan fingerprint density at radius 2 is 1.73 bits per heavy atom. The van der Waals surface area contributed by atoms with E-state index >= 15 is 0 Å². The number of hydrogen-bond acceptors (Lipinski definition) is 12. The molecule has 4 amide bonds. The van der Waals surface area contributed by atoms with E-state index < -0.39 is 42.0 Å². The zero-order chi connectivity index (χ0) is 43.6. The van der Waals surface area contributed by atoms with E-state index in [1.807, 2.05) is 39.6 Å². The molecule has 0 aliphatic carbocycles. The lowest BCUT2D eigenvalue weighted by Crippen LogP contribution is -2.58. The van der Waals surface area contributed by atoms with Crippen molar-refractivity contribution in [3.63, 3.8) is 0 Å². The highest BCUT2D eigenvalue weighted by molar-refractivity contribution is 7.09. The number of nitrogens with one attached hydrogen (secondary N) is 3. The Bertz CT molecular complexity index is 1640. The van der Waals surface area contributed by atoms with E-state index in [4.69, 9.17) is 15.4 Å². The largest absolute Gasteiger partial charge is 0.508 e. The Morgan fingerprint density at radius 3 is 2.34 bits per heavy atom. The van der Waals surface area contributed by atoms with Crippen LogP contribution >= 0.6 is 11.3 Å². The number of piperidine rings is 1. The summed E-state index contributed by atoms with van der Waals surface area (Å²) >= 11 is 1.16. The second-order valence-electron chi connectivity index (χ2n) is 16.3. The third-order valence-electron chi connectivity index (χ3n) is 11.1. The quantitative estimate of drug-likeness (QED) is 0.0290. The maximum absolute atomic E-state index is 14.8. The van der Waals surface area contributed by atoms with Gasteiger partial charge in [-0.1, -0.05) is 85.8 Å². The van der Waals surface area contributed by atoms with Crippen molar-refractivity contribution in [2.45, 2.75) is 149 Å². The first-order chi connectivity index (χ1) is 28.1. The van der Waals surface area contributed by atoms with E-state index in [0.29, 0.717) is 17.8 Å². The Balaban J connectivity index is 1.93. The van der Waals surface area contributed by atoms with Crippen LogP contribution in [0.2, 0.25) is 0 Å². The number of phenolic OH excluding ortho intramolecular Hbond substituents is 1. The summed E-state index contributed by atoms with van der Waals surface area (Å²) in [4.78, 5) is 80.2. The summed E-state index contributed by atoms with van der Waals surface area (Å²) in [5.74, 6) is 2.64. The van der Waals surface area contributed by atoms with E-state index in [9.17, 15) is 29.1 Å². The minimum atomic E-state index is -0.931. The molecule has 0 radical (unpaired) electrons. The van der Waals surface area contributed by atoms with Crippen molar-refractivity contribution >= 4 is 40.9 Å². The molecule has 1 unspecified atom stereocenters. The maximum atomic E-state index is 14.8. The van der Waals surface area contributed by atoms with Gasteiger partial charge in [-0.25, -0.2) is 15.9 Å². The number of hydrogen-bond donors (Lipinski definition) is 5. The number of hydroxylamine groups is 2. The summed E-state index contributed by atoms with van der Waals surface area (Å²) < 4.78 is 5.88. The van der Waals surface area contributed by atoms with Crippen LogP contribution in [0, 0.1) is 17.8 Å². The Kier molecular flexibility index (Phi) is 20.7. The number of nitrogens with two attached hydrogens (primary N) is 1. The third kappa shape index (κ3) is 15.5. The predicted molar refractivity (Wildman–Crippen MR) is 228 cm³/mol. The van der Waals surface area contributed by atoms with E-state index in [2.05, 4.69) is 28.0 Å². The summed E-state index contributed by atoms with van der Waals surface area (Å²) in [6.45, 7) is 14.1. The number of thiazole rings is 1. The fraction of sp³-hybridized carbons (Fsp3) is 0.674. The average molecular weight is 844 g/mol. The summed E-state index contributed by atoms with van der Waals surface area (Å²) in [6, 6.07) is 4.32. The molecule has 1 aliphatic rings. The summed E-state index contributed by atoms with van der Waals surface area (Å²) in [6.07, 6.45) is 6.89. The zero-order valence-electron chi connectivity index (χ0n) is 36.3. The number of likely N-dealkylation sites (tertiary alicyclic amines) is 1. The van der Waals surface area contributed by atoms with Crippen molar-refractivity contribution in [3.8, 4) is 5.75 Å². The topological polar surface area (TPSA) is 206 Å². The molecule has 330 valence electrons. The van der Waals surface area contributed by atoms with Crippen LogP contribution in [-0.2, 0) is 35.2 Å². The van der Waals surface area contributed by atoms with Crippen molar-refractivity contribution < 1.29 is 38.7 Å². The molecule has 15 nitrogen and oxygen atoms in total. The number of likely N-dealkylation sites (N-methyl/N-ethyl adjacent to an activating group) is 1. The number of ether oxygens (including phenoxy) is 1. The van der Waals surface area contributed by atoms with Gasteiger partial charge in [0.25, 0.3) is 11.8 Å². The van der Waals surface area contributed by atoms with Crippen molar-refractivity contribution in [2.24, 2.45) is 23.6 Å². The molecule has 0 saturated carbocycles. The van der Waals surface area contributed by atoms with E-state index in [1.54, 1.807) is 36.6 Å². The predicted octanol–water partition coefficient (Wildman–Crippen LogP) is 5.58. The number of rotatable bonds is 24. The SMILES string of the molecule is CCCCCCON(C(=O)[C@@H](NC(=O)[C@H]1CCCCN1C)[C@@H](C)CC)[C@H](C[C@@H](OC(C)=O)c1nc(C(=O)NC(Cc2ccc(O)cc2)C[C@H](C)C(=O)NN)cs1)C(C)C. The van der Waals surface area contributed by atoms with Crippen LogP contribution in [0.25, 0.3) is 0 Å². The van der Waals surface area contributed by atoms with E-state index in [1.165, 1.54) is 12.0 Å². The first-order valence-electron chi connectivity index (χ1n) is 21.3. The molecule has 1 aromatic heterocycles. The highest BCUT2D eigenvalue weighted by Gasteiger charge is 2.40. The number of benzene rings is 1. The van der Waals surface area contributed by atoms with Gasteiger partial charge in [0.2, 0.25) is 11.8 Å². The van der Waals surface area contributed by atoms with Crippen LogP contribution in [0.3, 0.4) is 0 Å². The average Bonchev–Trinajstić information content (AvgIpc) is 3.71. The second-order valence-corrected chi connectivity index (χ2v) is 17.2. The molecule has 16 heteroatoms. The van der Waals surface area contributed by atoms with Gasteiger partial charge < -0.3 is 20.5 Å². The second kappa shape index (κ2) is 24.8. The molecule has 2 aromatic rings. The molecular weight excluding hydrogens is 775 g/mol. The number of hydrazine groups is 1. The Hall–Kier alpha value is -4.12. The number of carbonyl (C=O) groups excluding carboxylic acids is 5. The molecule has 1 fully saturated rings. The minimum absolute atomic E-state index is 0.0993. The summed E-state index contributed by atoms with van der Waals surface area (Å²) in [5, 5.41) is 19.2. The number of esters is 1. The number of carbonyl (C=O) groups is 5. The smallest absolute Gasteiger partial charge is 0.303 e. The monoisotopic (exact) mass is 843 g/mol. The fourth-order valence-electron chi connectivity index (χ4n) is 7.33. The normalized spacial score (nSPS) is 17.6. The number of aromatic hydroxyl groups is 1. The fourth-order valence-corrected chi connectivity index (χ4v) is 8.17. The minimum Gasteiger partial charge on any atom is -0.508 e. The van der Waals surface area contributed by atoms with Gasteiger partial charge in [0.15, 0.2) is 6.10 Å². The molecule has 2 heterocycles. The van der Waals surface area contributed by atoms with Crippen LogP contribution < -0.4 is 21.9 Å². The molecule has 7 atom stereocenters. The molecule has 3 rings (SSSR count).